The molecule has 2 aliphatic heterocycles. The van der Waals surface area contributed by atoms with Gasteiger partial charge in [-0.2, -0.15) is 0 Å². The maximum absolute atomic E-state index is 12.6. The van der Waals surface area contributed by atoms with Crippen molar-refractivity contribution in [1.82, 2.24) is 0 Å². The summed E-state index contributed by atoms with van der Waals surface area (Å²) in [4.78, 5) is 23.8. The van der Waals surface area contributed by atoms with E-state index in [1.54, 1.807) is 6.92 Å². The number of hydrogen-bond donors (Lipinski definition) is 4. The van der Waals surface area contributed by atoms with Crippen molar-refractivity contribution in [2.24, 2.45) is 34.5 Å². The lowest BCUT2D eigenvalue weighted by Crippen LogP contribution is -2.62. The van der Waals surface area contributed by atoms with Crippen molar-refractivity contribution in [3.8, 4) is 0 Å². The van der Waals surface area contributed by atoms with Crippen LogP contribution < -0.4 is 5.11 Å². The van der Waals surface area contributed by atoms with Crippen LogP contribution in [0.2, 0.25) is 0 Å². The van der Waals surface area contributed by atoms with Crippen LogP contribution in [-0.4, -0.2) is 80.9 Å². The molecule has 0 amide bonds. The number of hydrogen-bond acceptors (Lipinski definition) is 10. The number of fused-ring (bicyclic) bond motifs is 5. The molecular weight excluding hydrogens is 532 g/mol. The minimum atomic E-state index is -1.74. The number of cyclic esters (lactones) is 1. The molecule has 4 N–H and O–H groups in total. The summed E-state index contributed by atoms with van der Waals surface area (Å²) < 4.78 is 17.3. The number of aliphatic hydroxyl groups excluding tert-OH is 2. The predicted octanol–water partition coefficient (Wildman–Crippen LogP) is 0.966. The maximum Gasteiger partial charge on any atom is 0.331 e. The lowest BCUT2D eigenvalue weighted by atomic mass is 9.43. The van der Waals surface area contributed by atoms with E-state index in [2.05, 4.69) is 6.92 Å². The monoisotopic (exact) mass is 577 g/mol. The molecule has 1 unspecified atom stereocenters. The van der Waals surface area contributed by atoms with Gasteiger partial charge in [0.25, 0.3) is 0 Å². The van der Waals surface area contributed by atoms with E-state index >= 15 is 0 Å². The van der Waals surface area contributed by atoms with Crippen LogP contribution in [0.1, 0.15) is 85.0 Å². The topological polar surface area (TPSA) is 166 Å². The molecule has 4 saturated carbocycles. The van der Waals surface area contributed by atoms with Crippen LogP contribution in [0.25, 0.3) is 0 Å². The minimum Gasteiger partial charge on any atom is -0.550 e. The summed E-state index contributed by atoms with van der Waals surface area (Å²) in [6.07, 6.45) is 3.74. The van der Waals surface area contributed by atoms with Crippen LogP contribution >= 0.6 is 0 Å². The highest BCUT2D eigenvalue weighted by Crippen LogP contribution is 2.72. The van der Waals surface area contributed by atoms with E-state index in [9.17, 15) is 35.1 Å². The first-order chi connectivity index (χ1) is 19.2. The van der Waals surface area contributed by atoms with E-state index in [1.807, 2.05) is 6.92 Å². The molecule has 230 valence electrons. The summed E-state index contributed by atoms with van der Waals surface area (Å²) in [5.41, 5.74) is -3.35. The number of aliphatic carboxylic acids is 1. The van der Waals surface area contributed by atoms with E-state index in [0.717, 1.165) is 38.5 Å². The highest BCUT2D eigenvalue weighted by molar-refractivity contribution is 5.85. The second-order valence-corrected chi connectivity index (χ2v) is 14.6. The summed E-state index contributed by atoms with van der Waals surface area (Å²) in [6.45, 7) is 6.02. The molecule has 0 aromatic carbocycles. The van der Waals surface area contributed by atoms with Gasteiger partial charge >= 0.3 is 5.97 Å². The average Bonchev–Trinajstić information content (AvgIpc) is 3.36. The molecule has 41 heavy (non-hydrogen) atoms. The Morgan fingerprint density at radius 1 is 1.10 bits per heavy atom. The number of carboxylic acids is 1. The Morgan fingerprint density at radius 2 is 1.85 bits per heavy atom. The first-order valence-electron chi connectivity index (χ1n) is 15.4. The van der Waals surface area contributed by atoms with Crippen LogP contribution in [0, 0.1) is 34.5 Å². The Morgan fingerprint density at radius 3 is 2.51 bits per heavy atom. The highest BCUT2D eigenvalue weighted by Gasteiger charge is 2.73. The lowest BCUT2D eigenvalue weighted by Gasteiger charge is -2.63. The zero-order chi connectivity index (χ0) is 29.5. The van der Waals surface area contributed by atoms with Gasteiger partial charge in [-0.05, 0) is 80.6 Å². The van der Waals surface area contributed by atoms with Crippen LogP contribution in [-0.2, 0) is 23.8 Å². The van der Waals surface area contributed by atoms with E-state index in [0.29, 0.717) is 17.9 Å². The number of carboxylic acid groups (broad SMARTS) is 1. The van der Waals surface area contributed by atoms with Crippen molar-refractivity contribution in [3.05, 3.63) is 11.6 Å². The summed E-state index contributed by atoms with van der Waals surface area (Å²) in [5, 5.41) is 56.6. The molecule has 2 heterocycles. The van der Waals surface area contributed by atoms with E-state index in [4.69, 9.17) is 14.2 Å². The number of esters is 1. The molecule has 0 radical (unpaired) electrons. The van der Waals surface area contributed by atoms with Crippen LogP contribution in [0.15, 0.2) is 11.6 Å². The van der Waals surface area contributed by atoms with Gasteiger partial charge in [-0.25, -0.2) is 4.79 Å². The first kappa shape index (κ1) is 29.5. The van der Waals surface area contributed by atoms with Crippen LogP contribution in [0.3, 0.4) is 0 Å². The zero-order valence-corrected chi connectivity index (χ0v) is 24.3. The van der Waals surface area contributed by atoms with Crippen molar-refractivity contribution in [2.75, 3.05) is 6.61 Å². The molecule has 0 aromatic heterocycles. The first-order valence-corrected chi connectivity index (χ1v) is 15.4. The lowest BCUT2D eigenvalue weighted by molar-refractivity contribution is -0.310. The maximum atomic E-state index is 12.6. The van der Waals surface area contributed by atoms with Gasteiger partial charge in [-0.1, -0.05) is 13.8 Å². The number of rotatable bonds is 5. The van der Waals surface area contributed by atoms with Gasteiger partial charge in [0.15, 0.2) is 6.29 Å². The number of carbonyl (C=O) groups is 2. The van der Waals surface area contributed by atoms with Gasteiger partial charge in [-0.3, -0.25) is 0 Å². The Bertz CT molecular complexity index is 1100. The van der Waals surface area contributed by atoms with Gasteiger partial charge in [0.1, 0.15) is 12.7 Å². The standard InChI is InChI=1S/C31H46O10/c1-16-26(36)22(32)12-25(40-16)41-19-6-8-28(2)18(11-19)4-5-21-20(28)7-9-29(3)27(17-10-24(35)39-14-17)30(37,13-23(33)34)15-31(21,29)38/h10,16,18-22,25-27,32,36-38H,4-9,11-15H2,1-3H3,(H,33,34)/p-1/t16-,18-,19+,20+,21-,22+,25-,26-,27-,28+,29-,30-,31?/m1/s1. The summed E-state index contributed by atoms with van der Waals surface area (Å²) in [7, 11) is 0. The van der Waals surface area contributed by atoms with Gasteiger partial charge in [0, 0.05) is 42.6 Å². The summed E-state index contributed by atoms with van der Waals surface area (Å²) >= 11 is 0. The average molecular weight is 578 g/mol. The van der Waals surface area contributed by atoms with Gasteiger partial charge < -0.3 is 44.5 Å². The fraction of sp³-hybridized carbons (Fsp3) is 0.871. The van der Waals surface area contributed by atoms with Gasteiger partial charge in [0.2, 0.25) is 0 Å². The molecule has 10 heteroatoms. The zero-order valence-electron chi connectivity index (χ0n) is 24.3. The van der Waals surface area contributed by atoms with Crippen LogP contribution in [0.4, 0.5) is 0 Å². The van der Waals surface area contributed by atoms with E-state index in [1.165, 1.54) is 6.08 Å². The molecular formula is C31H45O10-. The van der Waals surface area contributed by atoms with Crippen molar-refractivity contribution >= 4 is 11.9 Å². The SMILES string of the molecule is C[C@H]1O[C@H](O[C@H]2CC[C@@]3(C)[C@H](CC[C@@H]4[C@@H]3CC[C@]3(C)[C@@H](C5=CC(=O)OC5)[C@@](O)(CC(=O)[O-])CC43O)C2)C[C@H](O)[C@@H]1O. The van der Waals surface area contributed by atoms with Crippen molar-refractivity contribution in [1.29, 1.82) is 0 Å². The third-order valence-electron chi connectivity index (χ3n) is 12.5. The normalized spacial score (nSPS) is 53.1. The Labute approximate surface area is 241 Å². The summed E-state index contributed by atoms with van der Waals surface area (Å²) in [6, 6.07) is 0. The molecule has 6 rings (SSSR count). The third-order valence-corrected chi connectivity index (χ3v) is 12.5. The molecule has 13 atom stereocenters. The van der Waals surface area contributed by atoms with Gasteiger partial charge in [-0.15, -0.1) is 0 Å². The molecule has 0 aromatic rings. The highest BCUT2D eigenvalue weighted by atomic mass is 16.7. The Balaban J connectivity index is 1.23. The second kappa shape index (κ2) is 9.99. The molecule has 10 nitrogen and oxygen atoms in total. The van der Waals surface area contributed by atoms with Crippen LogP contribution in [0.5, 0.6) is 0 Å². The van der Waals surface area contributed by atoms with Gasteiger partial charge in [0.05, 0.1) is 29.5 Å². The predicted molar refractivity (Wildman–Crippen MR) is 142 cm³/mol. The minimum absolute atomic E-state index is 0.000719. The number of aliphatic hydroxyl groups is 4. The second-order valence-electron chi connectivity index (χ2n) is 14.6. The molecule has 0 spiro atoms. The largest absolute Gasteiger partial charge is 0.550 e. The smallest absolute Gasteiger partial charge is 0.331 e. The molecule has 0 bridgehead atoms. The van der Waals surface area contributed by atoms with Crippen molar-refractivity contribution in [2.45, 2.75) is 127 Å². The number of ether oxygens (including phenoxy) is 3. The molecule has 6 aliphatic rings. The fourth-order valence-corrected chi connectivity index (χ4v) is 10.6. The molecule has 1 saturated heterocycles. The fourth-order valence-electron chi connectivity index (χ4n) is 10.6. The van der Waals surface area contributed by atoms with E-state index in [-0.39, 0.29) is 42.8 Å². The Kier molecular flexibility index (Phi) is 7.19. The number of carbonyl (C=O) groups excluding carboxylic acids is 2. The third kappa shape index (κ3) is 4.51. The Hall–Kier alpha value is -1.56. The van der Waals surface area contributed by atoms with E-state index < -0.39 is 65.5 Å². The van der Waals surface area contributed by atoms with Crippen molar-refractivity contribution in [3.63, 3.8) is 0 Å². The molecule has 4 aliphatic carbocycles. The molecule has 5 fully saturated rings. The van der Waals surface area contributed by atoms with Crippen molar-refractivity contribution < 1.29 is 49.3 Å². The summed E-state index contributed by atoms with van der Waals surface area (Å²) in [5.74, 6) is -2.14. The quantitative estimate of drug-likeness (QED) is 0.273.